The summed E-state index contributed by atoms with van der Waals surface area (Å²) in [6.45, 7) is 0. The van der Waals surface area contributed by atoms with Crippen molar-refractivity contribution in [2.75, 3.05) is 4.90 Å². The lowest BCUT2D eigenvalue weighted by Gasteiger charge is -2.48. The molecule has 0 unspecified atom stereocenters. The Morgan fingerprint density at radius 3 is 1.88 bits per heavy atom. The van der Waals surface area contributed by atoms with Crippen LogP contribution in [0.15, 0.2) is 144 Å². The summed E-state index contributed by atoms with van der Waals surface area (Å²) < 4.78 is 13.2. The summed E-state index contributed by atoms with van der Waals surface area (Å²) >= 11 is 0. The first-order chi connectivity index (χ1) is 19.9. The molecule has 3 heteroatoms. The Morgan fingerprint density at radius 2 is 1.10 bits per heavy atom. The Balaban J connectivity index is 1.48. The zero-order valence-electron chi connectivity index (χ0n) is 21.5. The number of hydrogen-bond acceptors (Lipinski definition) is 3. The van der Waals surface area contributed by atoms with E-state index in [0.29, 0.717) is 0 Å². The zero-order chi connectivity index (χ0) is 26.3. The van der Waals surface area contributed by atoms with E-state index in [1.54, 1.807) is 0 Å². The molecule has 6 aromatic carbocycles. The molecule has 0 bridgehead atoms. The van der Waals surface area contributed by atoms with Gasteiger partial charge in [0.25, 0.3) is 0 Å². The predicted molar refractivity (Wildman–Crippen MR) is 160 cm³/mol. The predicted octanol–water partition coefficient (Wildman–Crippen LogP) is 9.86. The molecule has 0 saturated heterocycles. The molecule has 0 atom stereocenters. The first-order valence-electron chi connectivity index (χ1n) is 13.6. The maximum Gasteiger partial charge on any atom is 0.143 e. The quantitative estimate of drug-likeness (QED) is 0.218. The smallest absolute Gasteiger partial charge is 0.143 e. The van der Waals surface area contributed by atoms with Gasteiger partial charge in [0.15, 0.2) is 0 Å². The van der Waals surface area contributed by atoms with Crippen LogP contribution in [0.1, 0.15) is 22.3 Å². The molecule has 1 aromatic heterocycles. The van der Waals surface area contributed by atoms with Gasteiger partial charge in [0.2, 0.25) is 0 Å². The third-order valence-electron chi connectivity index (χ3n) is 8.52. The summed E-state index contributed by atoms with van der Waals surface area (Å²) in [6, 6.07) is 49.3. The summed E-state index contributed by atoms with van der Waals surface area (Å²) in [7, 11) is 0. The number of para-hydroxylation sites is 5. The van der Waals surface area contributed by atoms with Crippen molar-refractivity contribution in [2.24, 2.45) is 0 Å². The number of furan rings is 1. The van der Waals surface area contributed by atoms with Crippen LogP contribution >= 0.6 is 0 Å². The Hall–Kier alpha value is -5.28. The molecule has 2 aliphatic heterocycles. The van der Waals surface area contributed by atoms with E-state index in [0.717, 1.165) is 61.6 Å². The van der Waals surface area contributed by atoms with Crippen LogP contribution in [0.3, 0.4) is 0 Å². The second kappa shape index (κ2) is 7.87. The normalized spacial score (nSPS) is 14.3. The highest BCUT2D eigenvalue weighted by Gasteiger charge is 2.51. The standard InChI is InChI=1S/C37H23NO2/c1-2-12-24(13-3-1)38-30-18-8-5-15-26(30)37(27-16-6-9-19-31(27)38)28-17-7-11-21-33(28)40-36-29(37)22-23-34-35(36)25-14-4-10-20-32(25)39-34/h1-23H. The molecule has 7 aromatic rings. The minimum atomic E-state index is -0.588. The van der Waals surface area contributed by atoms with Crippen molar-refractivity contribution < 1.29 is 9.15 Å². The maximum absolute atomic E-state index is 6.85. The minimum absolute atomic E-state index is 0.588. The first kappa shape index (κ1) is 21.6. The number of hydrogen-bond donors (Lipinski definition) is 0. The molecule has 0 N–H and O–H groups in total. The Labute approximate surface area is 231 Å². The molecule has 0 radical (unpaired) electrons. The zero-order valence-corrected chi connectivity index (χ0v) is 21.5. The van der Waals surface area contributed by atoms with Gasteiger partial charge in [-0.1, -0.05) is 91.0 Å². The molecule has 1 spiro atoms. The van der Waals surface area contributed by atoms with Crippen molar-refractivity contribution in [3.63, 3.8) is 0 Å². The molecule has 188 valence electrons. The van der Waals surface area contributed by atoms with Gasteiger partial charge in [-0.05, 0) is 59.7 Å². The van der Waals surface area contributed by atoms with Gasteiger partial charge in [-0.3, -0.25) is 0 Å². The van der Waals surface area contributed by atoms with Gasteiger partial charge in [-0.15, -0.1) is 0 Å². The highest BCUT2D eigenvalue weighted by atomic mass is 16.5. The van der Waals surface area contributed by atoms with Crippen LogP contribution in [-0.2, 0) is 5.41 Å². The van der Waals surface area contributed by atoms with Gasteiger partial charge in [-0.2, -0.15) is 0 Å². The number of rotatable bonds is 1. The van der Waals surface area contributed by atoms with E-state index in [-0.39, 0.29) is 0 Å². The summed E-state index contributed by atoms with van der Waals surface area (Å²) in [5, 5.41) is 2.08. The third-order valence-corrected chi connectivity index (χ3v) is 8.52. The molecule has 2 aliphatic rings. The van der Waals surface area contributed by atoms with Crippen molar-refractivity contribution in [1.82, 2.24) is 0 Å². The van der Waals surface area contributed by atoms with E-state index < -0.39 is 5.41 Å². The van der Waals surface area contributed by atoms with Crippen LogP contribution in [0.5, 0.6) is 11.5 Å². The Morgan fingerprint density at radius 1 is 0.475 bits per heavy atom. The average molecular weight is 514 g/mol. The van der Waals surface area contributed by atoms with Gasteiger partial charge in [0, 0.05) is 22.2 Å². The van der Waals surface area contributed by atoms with E-state index in [1.807, 2.05) is 12.1 Å². The van der Waals surface area contributed by atoms with E-state index in [9.17, 15) is 0 Å². The maximum atomic E-state index is 6.85. The fraction of sp³-hybridized carbons (Fsp3) is 0.0270. The van der Waals surface area contributed by atoms with Crippen molar-refractivity contribution in [3.8, 4) is 11.5 Å². The largest absolute Gasteiger partial charge is 0.456 e. The highest BCUT2D eigenvalue weighted by Crippen LogP contribution is 2.63. The van der Waals surface area contributed by atoms with Crippen LogP contribution in [0.25, 0.3) is 21.9 Å². The summed E-state index contributed by atoms with van der Waals surface area (Å²) in [6.07, 6.45) is 0. The molecule has 0 amide bonds. The number of nitrogens with zero attached hydrogens (tertiary/aromatic N) is 1. The van der Waals surface area contributed by atoms with Gasteiger partial charge < -0.3 is 14.1 Å². The fourth-order valence-corrected chi connectivity index (χ4v) is 6.99. The molecular formula is C37H23NO2. The van der Waals surface area contributed by atoms with Gasteiger partial charge >= 0.3 is 0 Å². The number of ether oxygens (including phenoxy) is 1. The summed E-state index contributed by atoms with van der Waals surface area (Å²) in [4.78, 5) is 2.39. The van der Waals surface area contributed by atoms with Gasteiger partial charge in [-0.25, -0.2) is 0 Å². The minimum Gasteiger partial charge on any atom is -0.456 e. The molecule has 0 aliphatic carbocycles. The number of anilines is 3. The first-order valence-corrected chi connectivity index (χ1v) is 13.6. The third kappa shape index (κ3) is 2.64. The highest BCUT2D eigenvalue weighted by molar-refractivity contribution is 6.10. The van der Waals surface area contributed by atoms with Crippen molar-refractivity contribution in [3.05, 3.63) is 162 Å². The molecular weight excluding hydrogens is 490 g/mol. The van der Waals surface area contributed by atoms with Crippen molar-refractivity contribution >= 4 is 39.0 Å². The second-order valence-corrected chi connectivity index (χ2v) is 10.5. The van der Waals surface area contributed by atoms with E-state index in [1.165, 1.54) is 11.1 Å². The van der Waals surface area contributed by atoms with Gasteiger partial charge in [0.1, 0.15) is 22.7 Å². The fourth-order valence-electron chi connectivity index (χ4n) is 6.99. The molecule has 0 fully saturated rings. The molecule has 0 saturated carbocycles. The van der Waals surface area contributed by atoms with Crippen LogP contribution in [-0.4, -0.2) is 0 Å². The van der Waals surface area contributed by atoms with E-state index in [4.69, 9.17) is 9.15 Å². The second-order valence-electron chi connectivity index (χ2n) is 10.5. The van der Waals surface area contributed by atoms with Crippen LogP contribution < -0.4 is 9.64 Å². The summed E-state index contributed by atoms with van der Waals surface area (Å²) in [5.41, 5.74) is 9.27. The topological polar surface area (TPSA) is 25.6 Å². The SMILES string of the molecule is c1ccc(N2c3ccccc3C3(c4ccccc4Oc4c3ccc3oc5ccccc5c43)c3ccccc32)cc1. The molecule has 40 heavy (non-hydrogen) atoms. The Bertz CT molecular complexity index is 2060. The van der Waals surface area contributed by atoms with Crippen LogP contribution in [0.4, 0.5) is 17.1 Å². The van der Waals surface area contributed by atoms with E-state index in [2.05, 4.69) is 132 Å². The molecule has 9 rings (SSSR count). The summed E-state index contributed by atoms with van der Waals surface area (Å²) in [5.74, 6) is 1.73. The lowest BCUT2D eigenvalue weighted by atomic mass is 9.61. The van der Waals surface area contributed by atoms with Crippen molar-refractivity contribution in [2.45, 2.75) is 5.41 Å². The lowest BCUT2D eigenvalue weighted by Crippen LogP contribution is -2.39. The Kier molecular flexibility index (Phi) is 4.26. The van der Waals surface area contributed by atoms with Crippen molar-refractivity contribution in [1.29, 1.82) is 0 Å². The van der Waals surface area contributed by atoms with Gasteiger partial charge in [0.05, 0.1) is 22.2 Å². The average Bonchev–Trinajstić information content (AvgIpc) is 3.41. The number of benzene rings is 6. The molecule has 3 nitrogen and oxygen atoms in total. The number of fused-ring (bicyclic) bond motifs is 12. The van der Waals surface area contributed by atoms with E-state index >= 15 is 0 Å². The van der Waals surface area contributed by atoms with Crippen LogP contribution in [0.2, 0.25) is 0 Å². The lowest BCUT2D eigenvalue weighted by molar-refractivity contribution is 0.439. The molecule has 3 heterocycles. The monoisotopic (exact) mass is 513 g/mol. The van der Waals surface area contributed by atoms with Crippen LogP contribution in [0, 0.1) is 0 Å².